The van der Waals surface area contributed by atoms with Gasteiger partial charge in [-0.25, -0.2) is 4.98 Å². The van der Waals surface area contributed by atoms with E-state index >= 15 is 0 Å². The maximum Gasteiger partial charge on any atom is 0.151 e. The summed E-state index contributed by atoms with van der Waals surface area (Å²) in [5, 5.41) is 4.99. The van der Waals surface area contributed by atoms with Crippen molar-refractivity contribution >= 4 is 18.0 Å². The Kier molecular flexibility index (Phi) is 3.05. The molecule has 0 bridgehead atoms. The van der Waals surface area contributed by atoms with E-state index in [4.69, 9.17) is 0 Å². The van der Waals surface area contributed by atoms with Gasteiger partial charge in [0, 0.05) is 25.0 Å². The first-order valence-electron chi connectivity index (χ1n) is 4.77. The molecule has 4 nitrogen and oxygen atoms in total. The standard InChI is InChI=1S/C11H11N3OS/c1-8-3-9(7-15)4-12-11(8)16-10-5-13-14(2)6-10/h3-7H,1-2H3. The van der Waals surface area contributed by atoms with Gasteiger partial charge in [0.2, 0.25) is 0 Å². The number of nitrogens with zero attached hydrogens (tertiary/aromatic N) is 3. The van der Waals surface area contributed by atoms with Crippen molar-refractivity contribution in [2.24, 2.45) is 7.05 Å². The Morgan fingerprint density at radius 3 is 2.81 bits per heavy atom. The molecule has 0 radical (unpaired) electrons. The summed E-state index contributed by atoms with van der Waals surface area (Å²) in [4.78, 5) is 15.9. The van der Waals surface area contributed by atoms with Gasteiger partial charge in [0.05, 0.1) is 11.1 Å². The molecule has 0 atom stereocenters. The molecule has 0 aliphatic rings. The van der Waals surface area contributed by atoms with Gasteiger partial charge in [-0.15, -0.1) is 0 Å². The molecule has 0 amide bonds. The first kappa shape index (κ1) is 10.9. The second kappa shape index (κ2) is 4.49. The van der Waals surface area contributed by atoms with Gasteiger partial charge < -0.3 is 0 Å². The molecule has 0 saturated heterocycles. The van der Waals surface area contributed by atoms with Crippen LogP contribution in [0.4, 0.5) is 0 Å². The van der Waals surface area contributed by atoms with Crippen molar-refractivity contribution in [2.75, 3.05) is 0 Å². The van der Waals surface area contributed by atoms with Crippen LogP contribution in [0, 0.1) is 6.92 Å². The molecule has 0 saturated carbocycles. The highest BCUT2D eigenvalue weighted by Gasteiger charge is 2.05. The third-order valence-corrected chi connectivity index (χ3v) is 3.15. The van der Waals surface area contributed by atoms with E-state index in [0.717, 1.165) is 21.8 Å². The predicted octanol–water partition coefficient (Wildman–Crippen LogP) is 2.09. The van der Waals surface area contributed by atoms with Gasteiger partial charge in [-0.05, 0) is 18.6 Å². The second-order valence-corrected chi connectivity index (χ2v) is 4.52. The number of carbonyl (C=O) groups excluding carboxylic acids is 1. The van der Waals surface area contributed by atoms with Crippen molar-refractivity contribution in [1.29, 1.82) is 0 Å². The molecule has 16 heavy (non-hydrogen) atoms. The first-order chi connectivity index (χ1) is 7.69. The number of aromatic nitrogens is 3. The van der Waals surface area contributed by atoms with Crippen LogP contribution < -0.4 is 0 Å². The van der Waals surface area contributed by atoms with E-state index in [1.165, 1.54) is 0 Å². The highest BCUT2D eigenvalue weighted by Crippen LogP contribution is 2.27. The molecule has 0 spiro atoms. The summed E-state index contributed by atoms with van der Waals surface area (Å²) in [6.45, 7) is 1.94. The van der Waals surface area contributed by atoms with Crippen LogP contribution in [-0.4, -0.2) is 21.1 Å². The Morgan fingerprint density at radius 2 is 2.25 bits per heavy atom. The molecule has 5 heteroatoms. The zero-order valence-electron chi connectivity index (χ0n) is 9.04. The van der Waals surface area contributed by atoms with E-state index < -0.39 is 0 Å². The lowest BCUT2D eigenvalue weighted by atomic mass is 10.2. The van der Waals surface area contributed by atoms with Crippen LogP contribution in [0.3, 0.4) is 0 Å². The summed E-state index contributed by atoms with van der Waals surface area (Å²) in [6.07, 6.45) is 6.11. The Balaban J connectivity index is 2.25. The Morgan fingerprint density at radius 1 is 1.44 bits per heavy atom. The molecule has 0 aliphatic carbocycles. The normalized spacial score (nSPS) is 10.4. The van der Waals surface area contributed by atoms with Gasteiger partial charge in [-0.1, -0.05) is 11.8 Å². The number of rotatable bonds is 3. The summed E-state index contributed by atoms with van der Waals surface area (Å²) < 4.78 is 1.75. The van der Waals surface area contributed by atoms with Crippen LogP contribution >= 0.6 is 11.8 Å². The van der Waals surface area contributed by atoms with Crippen molar-refractivity contribution in [1.82, 2.24) is 14.8 Å². The summed E-state index contributed by atoms with van der Waals surface area (Å²) in [5.74, 6) is 0. The number of aldehydes is 1. The molecule has 2 rings (SSSR count). The minimum Gasteiger partial charge on any atom is -0.298 e. The average Bonchev–Trinajstić information content (AvgIpc) is 2.67. The lowest BCUT2D eigenvalue weighted by Crippen LogP contribution is -1.89. The molecule has 0 unspecified atom stereocenters. The molecule has 2 heterocycles. The molecule has 82 valence electrons. The molecule has 0 aromatic carbocycles. The van der Waals surface area contributed by atoms with Crippen LogP contribution in [0.5, 0.6) is 0 Å². The SMILES string of the molecule is Cc1cc(C=O)cnc1Sc1cnn(C)c1. The van der Waals surface area contributed by atoms with Crippen LogP contribution in [0.25, 0.3) is 0 Å². The van der Waals surface area contributed by atoms with Gasteiger partial charge in [0.25, 0.3) is 0 Å². The molecule has 0 N–H and O–H groups in total. The molecule has 2 aromatic heterocycles. The van der Waals surface area contributed by atoms with E-state index in [1.54, 1.807) is 28.8 Å². The van der Waals surface area contributed by atoms with E-state index in [2.05, 4.69) is 10.1 Å². The zero-order chi connectivity index (χ0) is 11.5. The highest BCUT2D eigenvalue weighted by molar-refractivity contribution is 7.99. The largest absolute Gasteiger partial charge is 0.298 e. The fourth-order valence-electron chi connectivity index (χ4n) is 1.32. The number of aryl methyl sites for hydroxylation is 2. The summed E-state index contributed by atoms with van der Waals surface area (Å²) in [7, 11) is 1.87. The van der Waals surface area contributed by atoms with E-state index in [0.29, 0.717) is 5.56 Å². The van der Waals surface area contributed by atoms with Crippen LogP contribution in [0.1, 0.15) is 15.9 Å². The highest BCUT2D eigenvalue weighted by atomic mass is 32.2. The van der Waals surface area contributed by atoms with Crippen LogP contribution in [0.15, 0.2) is 34.6 Å². The Hall–Kier alpha value is -1.62. The van der Waals surface area contributed by atoms with Crippen LogP contribution in [0.2, 0.25) is 0 Å². The minimum atomic E-state index is 0.605. The van der Waals surface area contributed by atoms with Gasteiger partial charge in [-0.3, -0.25) is 9.48 Å². The maximum absolute atomic E-state index is 10.6. The van der Waals surface area contributed by atoms with E-state index in [1.807, 2.05) is 26.2 Å². The summed E-state index contributed by atoms with van der Waals surface area (Å²) >= 11 is 1.54. The smallest absolute Gasteiger partial charge is 0.151 e. The summed E-state index contributed by atoms with van der Waals surface area (Å²) in [5.41, 5.74) is 1.60. The summed E-state index contributed by atoms with van der Waals surface area (Å²) in [6, 6.07) is 1.83. The van der Waals surface area contributed by atoms with Gasteiger partial charge >= 0.3 is 0 Å². The van der Waals surface area contributed by atoms with Gasteiger partial charge in [-0.2, -0.15) is 5.10 Å². The number of hydrogen-bond acceptors (Lipinski definition) is 4. The molecule has 0 aliphatic heterocycles. The topological polar surface area (TPSA) is 47.8 Å². The maximum atomic E-state index is 10.6. The van der Waals surface area contributed by atoms with Gasteiger partial charge in [0.1, 0.15) is 5.03 Å². The molecule has 0 fully saturated rings. The lowest BCUT2D eigenvalue weighted by molar-refractivity contribution is 0.112. The molecular formula is C11H11N3OS. The number of carbonyl (C=O) groups is 1. The molecular weight excluding hydrogens is 222 g/mol. The van der Waals surface area contributed by atoms with Crippen molar-refractivity contribution < 1.29 is 4.79 Å². The number of hydrogen-bond donors (Lipinski definition) is 0. The van der Waals surface area contributed by atoms with Crippen molar-refractivity contribution in [3.05, 3.63) is 35.8 Å². The minimum absolute atomic E-state index is 0.605. The van der Waals surface area contributed by atoms with E-state index in [-0.39, 0.29) is 0 Å². The third-order valence-electron chi connectivity index (χ3n) is 2.08. The zero-order valence-corrected chi connectivity index (χ0v) is 9.86. The average molecular weight is 233 g/mol. The Labute approximate surface area is 97.7 Å². The predicted molar refractivity (Wildman–Crippen MR) is 61.7 cm³/mol. The monoisotopic (exact) mass is 233 g/mol. The third kappa shape index (κ3) is 2.30. The second-order valence-electron chi connectivity index (χ2n) is 3.46. The quantitative estimate of drug-likeness (QED) is 0.762. The van der Waals surface area contributed by atoms with Crippen molar-refractivity contribution in [2.45, 2.75) is 16.8 Å². The number of pyridine rings is 1. The lowest BCUT2D eigenvalue weighted by Gasteiger charge is -2.02. The van der Waals surface area contributed by atoms with Crippen LogP contribution in [-0.2, 0) is 7.05 Å². The van der Waals surface area contributed by atoms with Gasteiger partial charge in [0.15, 0.2) is 6.29 Å². The van der Waals surface area contributed by atoms with Crippen molar-refractivity contribution in [3.63, 3.8) is 0 Å². The fourth-order valence-corrected chi connectivity index (χ4v) is 2.17. The van der Waals surface area contributed by atoms with E-state index in [9.17, 15) is 4.79 Å². The van der Waals surface area contributed by atoms with Crippen molar-refractivity contribution in [3.8, 4) is 0 Å². The Bertz CT molecular complexity index is 522. The molecule has 2 aromatic rings. The first-order valence-corrected chi connectivity index (χ1v) is 5.59. The fraction of sp³-hybridized carbons (Fsp3) is 0.182.